The standard InChI is InChI=1S/C18H10F8O4/c19-9-7(10(20)14(24)17(13(9)23)29-3-5-1-27-5)8-11(21)15(25)18(16(26)12(8)22)30-4-6-2-28-6/h5-6H,1-4H2. The molecule has 0 amide bonds. The Kier molecular flexibility index (Phi) is 5.22. The second kappa shape index (κ2) is 7.58. The summed E-state index contributed by atoms with van der Waals surface area (Å²) in [5.41, 5.74) is -3.96. The molecule has 0 aliphatic carbocycles. The quantitative estimate of drug-likeness (QED) is 0.369. The minimum absolute atomic E-state index is 0.197. The molecule has 2 aromatic carbocycles. The molecule has 162 valence electrons. The molecular weight excluding hydrogens is 432 g/mol. The van der Waals surface area contributed by atoms with Crippen molar-refractivity contribution in [1.29, 1.82) is 0 Å². The third kappa shape index (κ3) is 3.54. The number of halogens is 8. The van der Waals surface area contributed by atoms with Crippen molar-refractivity contribution in [2.45, 2.75) is 12.2 Å². The molecule has 0 spiro atoms. The van der Waals surface area contributed by atoms with E-state index in [-0.39, 0.29) is 13.2 Å². The lowest BCUT2D eigenvalue weighted by atomic mass is 10.0. The number of benzene rings is 2. The predicted molar refractivity (Wildman–Crippen MR) is 82.0 cm³/mol. The zero-order valence-electron chi connectivity index (χ0n) is 14.6. The van der Waals surface area contributed by atoms with Gasteiger partial charge in [0.05, 0.1) is 24.3 Å². The van der Waals surface area contributed by atoms with E-state index in [1.807, 2.05) is 0 Å². The smallest absolute Gasteiger partial charge is 0.204 e. The van der Waals surface area contributed by atoms with Crippen LogP contribution in [0.4, 0.5) is 35.1 Å². The minimum atomic E-state index is -2.31. The topological polar surface area (TPSA) is 43.5 Å². The van der Waals surface area contributed by atoms with Crippen LogP contribution >= 0.6 is 0 Å². The lowest BCUT2D eigenvalue weighted by Crippen LogP contribution is -2.13. The Labute approximate surface area is 162 Å². The van der Waals surface area contributed by atoms with Gasteiger partial charge in [-0.05, 0) is 0 Å². The number of epoxide rings is 2. The van der Waals surface area contributed by atoms with Crippen LogP contribution in [-0.4, -0.2) is 38.6 Å². The molecule has 2 unspecified atom stereocenters. The highest BCUT2D eigenvalue weighted by Gasteiger charge is 2.36. The molecule has 0 N–H and O–H groups in total. The van der Waals surface area contributed by atoms with Crippen LogP contribution in [-0.2, 0) is 9.47 Å². The van der Waals surface area contributed by atoms with Crippen LogP contribution in [0.15, 0.2) is 0 Å². The summed E-state index contributed by atoms with van der Waals surface area (Å²) in [6, 6.07) is 0. The fourth-order valence-electron chi connectivity index (χ4n) is 2.60. The third-order valence-electron chi connectivity index (χ3n) is 4.33. The van der Waals surface area contributed by atoms with E-state index < -0.39 is 94.6 Å². The van der Waals surface area contributed by atoms with Gasteiger partial charge in [0.25, 0.3) is 0 Å². The van der Waals surface area contributed by atoms with Crippen molar-refractivity contribution in [1.82, 2.24) is 0 Å². The summed E-state index contributed by atoms with van der Waals surface area (Å²) in [6.45, 7) is -0.505. The summed E-state index contributed by atoms with van der Waals surface area (Å²) >= 11 is 0. The molecule has 0 aromatic heterocycles. The first-order valence-corrected chi connectivity index (χ1v) is 8.43. The summed E-state index contributed by atoms with van der Waals surface area (Å²) in [6.07, 6.45) is -1.08. The normalized spacial score (nSPS) is 19.7. The van der Waals surface area contributed by atoms with Crippen molar-refractivity contribution >= 4 is 0 Å². The fourth-order valence-corrected chi connectivity index (χ4v) is 2.60. The Morgan fingerprint density at radius 2 is 0.800 bits per heavy atom. The molecule has 2 aliphatic rings. The first-order valence-electron chi connectivity index (χ1n) is 8.43. The van der Waals surface area contributed by atoms with Gasteiger partial charge in [-0.3, -0.25) is 0 Å². The predicted octanol–water partition coefficient (Wildman–Crippen LogP) is 4.02. The van der Waals surface area contributed by atoms with Gasteiger partial charge in [0.2, 0.25) is 23.3 Å². The fraction of sp³-hybridized carbons (Fsp3) is 0.333. The van der Waals surface area contributed by atoms with E-state index in [4.69, 9.17) is 9.47 Å². The molecule has 4 rings (SSSR count). The summed E-state index contributed by atoms with van der Waals surface area (Å²) in [5.74, 6) is -20.8. The van der Waals surface area contributed by atoms with E-state index in [1.54, 1.807) is 0 Å². The molecule has 4 nitrogen and oxygen atoms in total. The van der Waals surface area contributed by atoms with E-state index in [0.717, 1.165) is 0 Å². The van der Waals surface area contributed by atoms with Crippen LogP contribution in [0.25, 0.3) is 11.1 Å². The van der Waals surface area contributed by atoms with Crippen molar-refractivity contribution in [3.63, 3.8) is 0 Å². The van der Waals surface area contributed by atoms with Crippen LogP contribution in [0, 0.1) is 46.5 Å². The summed E-state index contributed by atoms with van der Waals surface area (Å²) in [4.78, 5) is 0. The molecule has 0 bridgehead atoms. The zero-order valence-corrected chi connectivity index (χ0v) is 14.6. The molecule has 2 atom stereocenters. The SMILES string of the molecule is Fc1c(F)c(-c2c(F)c(F)c(OCC3CO3)c(F)c2F)c(F)c(F)c1OCC1CO1. The number of rotatable bonds is 7. The van der Waals surface area contributed by atoms with Crippen molar-refractivity contribution in [2.75, 3.05) is 26.4 Å². The largest absolute Gasteiger partial charge is 0.485 e. The molecule has 12 heteroatoms. The number of ether oxygens (including phenoxy) is 4. The molecule has 2 aromatic rings. The highest BCUT2D eigenvalue weighted by Crippen LogP contribution is 2.41. The molecule has 0 radical (unpaired) electrons. The van der Waals surface area contributed by atoms with Crippen LogP contribution in [0.2, 0.25) is 0 Å². The third-order valence-corrected chi connectivity index (χ3v) is 4.33. The average molecular weight is 442 g/mol. The van der Waals surface area contributed by atoms with Crippen LogP contribution in [0.1, 0.15) is 0 Å². The van der Waals surface area contributed by atoms with Crippen molar-refractivity contribution in [3.8, 4) is 22.6 Å². The van der Waals surface area contributed by atoms with Gasteiger partial charge in [0.1, 0.15) is 25.4 Å². The Morgan fingerprint density at radius 1 is 0.533 bits per heavy atom. The Balaban J connectivity index is 1.81. The maximum absolute atomic E-state index is 14.4. The van der Waals surface area contributed by atoms with E-state index in [1.165, 1.54) is 0 Å². The van der Waals surface area contributed by atoms with Gasteiger partial charge in [0, 0.05) is 0 Å². The van der Waals surface area contributed by atoms with Crippen LogP contribution in [0.5, 0.6) is 11.5 Å². The van der Waals surface area contributed by atoms with E-state index >= 15 is 0 Å². The Hall–Kier alpha value is -2.60. The van der Waals surface area contributed by atoms with Crippen LogP contribution < -0.4 is 9.47 Å². The summed E-state index contributed by atoms with van der Waals surface area (Å²) in [5, 5.41) is 0. The first kappa shape index (κ1) is 20.7. The monoisotopic (exact) mass is 442 g/mol. The molecule has 2 saturated heterocycles. The van der Waals surface area contributed by atoms with Gasteiger partial charge in [-0.1, -0.05) is 0 Å². The van der Waals surface area contributed by atoms with E-state index in [2.05, 4.69) is 9.47 Å². The molecule has 2 aliphatic heterocycles. The molecule has 2 heterocycles. The summed E-state index contributed by atoms with van der Waals surface area (Å²) in [7, 11) is 0. The molecule has 2 fully saturated rings. The van der Waals surface area contributed by atoms with Gasteiger partial charge in [-0.25, -0.2) is 17.6 Å². The maximum Gasteiger partial charge on any atom is 0.204 e. The lowest BCUT2D eigenvalue weighted by Gasteiger charge is -2.16. The Morgan fingerprint density at radius 3 is 1.03 bits per heavy atom. The van der Waals surface area contributed by atoms with E-state index in [0.29, 0.717) is 0 Å². The zero-order chi connectivity index (χ0) is 21.7. The van der Waals surface area contributed by atoms with Crippen molar-refractivity contribution in [3.05, 3.63) is 46.5 Å². The minimum Gasteiger partial charge on any atom is -0.485 e. The van der Waals surface area contributed by atoms with Crippen molar-refractivity contribution < 1.29 is 54.1 Å². The van der Waals surface area contributed by atoms with Gasteiger partial charge in [-0.2, -0.15) is 17.6 Å². The van der Waals surface area contributed by atoms with Gasteiger partial charge in [0.15, 0.2) is 34.8 Å². The van der Waals surface area contributed by atoms with Gasteiger partial charge >= 0.3 is 0 Å². The second-order valence-electron chi connectivity index (χ2n) is 6.45. The Bertz CT molecular complexity index is 881. The second-order valence-corrected chi connectivity index (χ2v) is 6.45. The van der Waals surface area contributed by atoms with E-state index in [9.17, 15) is 35.1 Å². The molecule has 0 saturated carbocycles. The lowest BCUT2D eigenvalue weighted by molar-refractivity contribution is 0.235. The van der Waals surface area contributed by atoms with Crippen molar-refractivity contribution in [2.24, 2.45) is 0 Å². The highest BCUT2D eigenvalue weighted by atomic mass is 19.2. The van der Waals surface area contributed by atoms with Crippen LogP contribution in [0.3, 0.4) is 0 Å². The van der Waals surface area contributed by atoms with Gasteiger partial charge < -0.3 is 18.9 Å². The first-order chi connectivity index (χ1) is 14.2. The number of hydrogen-bond donors (Lipinski definition) is 0. The average Bonchev–Trinajstić information content (AvgIpc) is 3.62. The van der Waals surface area contributed by atoms with Gasteiger partial charge in [-0.15, -0.1) is 0 Å². The summed E-state index contributed by atoms with van der Waals surface area (Å²) < 4.78 is 133. The maximum atomic E-state index is 14.4. The number of hydrogen-bond acceptors (Lipinski definition) is 4. The molecule has 30 heavy (non-hydrogen) atoms. The highest BCUT2D eigenvalue weighted by molar-refractivity contribution is 5.69. The molecular formula is C18H10F8O4.